The highest BCUT2D eigenvalue weighted by Crippen LogP contribution is 2.27. The summed E-state index contributed by atoms with van der Waals surface area (Å²) in [7, 11) is 1.58. The average molecular weight is 348 g/mol. The van der Waals surface area contributed by atoms with E-state index in [1.54, 1.807) is 43.5 Å². The summed E-state index contributed by atoms with van der Waals surface area (Å²) in [5.74, 6) is 1.26. The minimum Gasteiger partial charge on any atom is -0.493 e. The molecule has 0 saturated heterocycles. The van der Waals surface area contributed by atoms with Crippen molar-refractivity contribution >= 4 is 29.5 Å². The van der Waals surface area contributed by atoms with Crippen LogP contribution in [-0.2, 0) is 0 Å². The lowest BCUT2D eigenvalue weighted by Gasteiger charge is -2.09. The van der Waals surface area contributed by atoms with Crippen LogP contribution < -0.4 is 20.2 Å². The van der Waals surface area contributed by atoms with Crippen LogP contribution >= 0.6 is 11.6 Å². The normalized spacial score (nSPS) is 10.5. The van der Waals surface area contributed by atoms with E-state index in [1.165, 1.54) is 6.21 Å². The van der Waals surface area contributed by atoms with E-state index in [0.717, 1.165) is 5.56 Å². The van der Waals surface area contributed by atoms with Gasteiger partial charge in [-0.1, -0.05) is 11.6 Å². The molecule has 2 amide bonds. The van der Waals surface area contributed by atoms with Gasteiger partial charge in [0.2, 0.25) is 0 Å². The van der Waals surface area contributed by atoms with E-state index in [4.69, 9.17) is 21.1 Å². The fourth-order valence-corrected chi connectivity index (χ4v) is 2.03. The van der Waals surface area contributed by atoms with Crippen LogP contribution in [0.4, 0.5) is 10.5 Å². The summed E-state index contributed by atoms with van der Waals surface area (Å²) in [6, 6.07) is 11.7. The van der Waals surface area contributed by atoms with Gasteiger partial charge in [0.25, 0.3) is 0 Å². The van der Waals surface area contributed by atoms with Gasteiger partial charge in [-0.25, -0.2) is 10.2 Å². The smallest absolute Gasteiger partial charge is 0.339 e. The molecular formula is C17H18ClN3O3. The second kappa shape index (κ2) is 8.79. The molecule has 2 aromatic carbocycles. The number of benzene rings is 2. The first-order chi connectivity index (χ1) is 11.6. The first kappa shape index (κ1) is 17.6. The number of halogens is 1. The number of urea groups is 1. The van der Waals surface area contributed by atoms with Gasteiger partial charge in [0.05, 0.1) is 19.9 Å². The SMILES string of the molecule is CCOc1cc(/C=N\NC(=O)Nc2ccc(Cl)cc2)ccc1OC. The summed E-state index contributed by atoms with van der Waals surface area (Å²) in [5.41, 5.74) is 3.78. The van der Waals surface area contributed by atoms with Gasteiger partial charge in [-0.3, -0.25) is 0 Å². The fourth-order valence-electron chi connectivity index (χ4n) is 1.90. The summed E-state index contributed by atoms with van der Waals surface area (Å²) in [6.45, 7) is 2.42. The molecule has 0 aliphatic rings. The molecule has 0 radical (unpaired) electrons. The number of nitrogens with one attached hydrogen (secondary N) is 2. The van der Waals surface area contributed by atoms with Crippen molar-refractivity contribution in [1.29, 1.82) is 0 Å². The molecule has 0 aliphatic heterocycles. The first-order valence-corrected chi connectivity index (χ1v) is 7.66. The van der Waals surface area contributed by atoms with Crippen LogP contribution in [0.1, 0.15) is 12.5 Å². The Balaban J connectivity index is 1.94. The predicted octanol–water partition coefficient (Wildman–Crippen LogP) is 3.90. The largest absolute Gasteiger partial charge is 0.493 e. The third kappa shape index (κ3) is 5.17. The Morgan fingerprint density at radius 2 is 1.96 bits per heavy atom. The van der Waals surface area contributed by atoms with Gasteiger partial charge in [-0.15, -0.1) is 0 Å². The van der Waals surface area contributed by atoms with Crippen LogP contribution in [0.15, 0.2) is 47.6 Å². The second-order valence-corrected chi connectivity index (χ2v) is 5.11. The Morgan fingerprint density at radius 1 is 1.21 bits per heavy atom. The Morgan fingerprint density at radius 3 is 2.62 bits per heavy atom. The number of hydrogen-bond donors (Lipinski definition) is 2. The molecule has 0 aliphatic carbocycles. The molecule has 0 aromatic heterocycles. The molecule has 0 heterocycles. The maximum atomic E-state index is 11.7. The van der Waals surface area contributed by atoms with Crippen LogP contribution in [0, 0.1) is 0 Å². The van der Waals surface area contributed by atoms with Crippen LogP contribution in [0.25, 0.3) is 0 Å². The summed E-state index contributed by atoms with van der Waals surface area (Å²) in [4.78, 5) is 11.7. The van der Waals surface area contributed by atoms with E-state index in [-0.39, 0.29) is 0 Å². The lowest BCUT2D eigenvalue weighted by molar-refractivity contribution is 0.252. The van der Waals surface area contributed by atoms with E-state index < -0.39 is 6.03 Å². The maximum Gasteiger partial charge on any atom is 0.339 e. The zero-order chi connectivity index (χ0) is 17.4. The van der Waals surface area contributed by atoms with Crippen LogP contribution in [0.5, 0.6) is 11.5 Å². The number of nitrogens with zero attached hydrogens (tertiary/aromatic N) is 1. The van der Waals surface area contributed by atoms with Crippen molar-refractivity contribution in [2.45, 2.75) is 6.92 Å². The number of hydrogen-bond acceptors (Lipinski definition) is 4. The van der Waals surface area contributed by atoms with E-state index in [2.05, 4.69) is 15.8 Å². The third-order valence-corrected chi connectivity index (χ3v) is 3.22. The van der Waals surface area contributed by atoms with Crippen molar-refractivity contribution in [3.05, 3.63) is 53.1 Å². The molecule has 0 bridgehead atoms. The van der Waals surface area contributed by atoms with E-state index in [1.807, 2.05) is 13.0 Å². The lowest BCUT2D eigenvalue weighted by Crippen LogP contribution is -2.24. The van der Waals surface area contributed by atoms with Gasteiger partial charge in [0, 0.05) is 10.7 Å². The van der Waals surface area contributed by atoms with Gasteiger partial charge in [-0.05, 0) is 55.0 Å². The third-order valence-electron chi connectivity index (χ3n) is 2.97. The molecule has 126 valence electrons. The number of methoxy groups -OCH3 is 1. The highest BCUT2D eigenvalue weighted by molar-refractivity contribution is 6.30. The highest BCUT2D eigenvalue weighted by Gasteiger charge is 2.04. The minimum atomic E-state index is -0.452. The molecule has 0 saturated carbocycles. The van der Waals surface area contributed by atoms with Crippen molar-refractivity contribution in [3.63, 3.8) is 0 Å². The van der Waals surface area contributed by atoms with Gasteiger partial charge < -0.3 is 14.8 Å². The molecular weight excluding hydrogens is 330 g/mol. The van der Waals surface area contributed by atoms with Crippen molar-refractivity contribution < 1.29 is 14.3 Å². The summed E-state index contributed by atoms with van der Waals surface area (Å²) >= 11 is 5.79. The lowest BCUT2D eigenvalue weighted by atomic mass is 10.2. The Bertz CT molecular complexity index is 718. The quantitative estimate of drug-likeness (QED) is 0.615. The maximum absolute atomic E-state index is 11.7. The molecule has 24 heavy (non-hydrogen) atoms. The fraction of sp³-hybridized carbons (Fsp3) is 0.176. The Labute approximate surface area is 145 Å². The molecule has 0 atom stereocenters. The molecule has 6 nitrogen and oxygen atoms in total. The Hall–Kier alpha value is -2.73. The number of ether oxygens (including phenoxy) is 2. The molecule has 2 aromatic rings. The number of rotatable bonds is 6. The zero-order valence-electron chi connectivity index (χ0n) is 13.4. The molecule has 2 rings (SSSR count). The molecule has 7 heteroatoms. The van der Waals surface area contributed by atoms with Crippen molar-refractivity contribution in [1.82, 2.24) is 5.43 Å². The van der Waals surface area contributed by atoms with Crippen LogP contribution in [0.3, 0.4) is 0 Å². The average Bonchev–Trinajstić information content (AvgIpc) is 2.57. The first-order valence-electron chi connectivity index (χ1n) is 7.29. The van der Waals surface area contributed by atoms with Crippen molar-refractivity contribution in [3.8, 4) is 11.5 Å². The van der Waals surface area contributed by atoms with Gasteiger partial charge in [0.15, 0.2) is 11.5 Å². The predicted molar refractivity (Wildman–Crippen MR) is 95.4 cm³/mol. The summed E-state index contributed by atoms with van der Waals surface area (Å²) < 4.78 is 10.7. The van der Waals surface area contributed by atoms with E-state index in [0.29, 0.717) is 28.8 Å². The van der Waals surface area contributed by atoms with Gasteiger partial charge in [-0.2, -0.15) is 5.10 Å². The van der Waals surface area contributed by atoms with Crippen LogP contribution in [-0.4, -0.2) is 26.0 Å². The topological polar surface area (TPSA) is 72.0 Å². The number of hydrazone groups is 1. The summed E-state index contributed by atoms with van der Waals surface area (Å²) in [5, 5.41) is 7.14. The summed E-state index contributed by atoms with van der Waals surface area (Å²) in [6.07, 6.45) is 1.52. The zero-order valence-corrected chi connectivity index (χ0v) is 14.1. The molecule has 0 fully saturated rings. The Kier molecular flexibility index (Phi) is 6.45. The second-order valence-electron chi connectivity index (χ2n) is 4.67. The van der Waals surface area contributed by atoms with Gasteiger partial charge in [0.1, 0.15) is 0 Å². The minimum absolute atomic E-state index is 0.452. The molecule has 0 unspecified atom stereocenters. The number of carbonyl (C=O) groups is 1. The molecule has 0 spiro atoms. The van der Waals surface area contributed by atoms with Crippen molar-refractivity contribution in [2.75, 3.05) is 19.0 Å². The standard InChI is InChI=1S/C17H18ClN3O3/c1-3-24-16-10-12(4-9-15(16)23-2)11-19-21-17(22)20-14-7-5-13(18)6-8-14/h4-11H,3H2,1-2H3,(H2,20,21,22)/b19-11-. The van der Waals surface area contributed by atoms with Crippen LogP contribution in [0.2, 0.25) is 5.02 Å². The number of amides is 2. The van der Waals surface area contributed by atoms with E-state index >= 15 is 0 Å². The highest BCUT2D eigenvalue weighted by atomic mass is 35.5. The van der Waals surface area contributed by atoms with E-state index in [9.17, 15) is 4.79 Å². The monoisotopic (exact) mass is 347 g/mol. The molecule has 2 N–H and O–H groups in total. The number of carbonyl (C=O) groups excluding carboxylic acids is 1. The number of anilines is 1. The van der Waals surface area contributed by atoms with Crippen molar-refractivity contribution in [2.24, 2.45) is 5.10 Å². The van der Waals surface area contributed by atoms with Gasteiger partial charge >= 0.3 is 6.03 Å².